The number of anilines is 1. The van der Waals surface area contributed by atoms with E-state index >= 15 is 0 Å². The first-order valence-electron chi connectivity index (χ1n) is 6.98. The molecular formula is C13H24N4O3S. The third-order valence-electron chi connectivity index (χ3n) is 3.18. The fourth-order valence-corrected chi connectivity index (χ4v) is 3.02. The van der Waals surface area contributed by atoms with Crippen molar-refractivity contribution < 1.29 is 13.2 Å². The lowest BCUT2D eigenvalue weighted by Gasteiger charge is -2.17. The SMILES string of the molecule is CCN(CCCNC(=O)c1cc(N)cn1CC)S(C)(=O)=O. The van der Waals surface area contributed by atoms with Crippen LogP contribution < -0.4 is 11.1 Å². The van der Waals surface area contributed by atoms with Gasteiger partial charge in [0.1, 0.15) is 5.69 Å². The van der Waals surface area contributed by atoms with Gasteiger partial charge in [0, 0.05) is 32.4 Å². The van der Waals surface area contributed by atoms with E-state index in [1.54, 1.807) is 23.8 Å². The molecule has 0 bridgehead atoms. The summed E-state index contributed by atoms with van der Waals surface area (Å²) in [5.41, 5.74) is 6.75. The monoisotopic (exact) mass is 316 g/mol. The van der Waals surface area contributed by atoms with Crippen molar-refractivity contribution >= 4 is 21.6 Å². The van der Waals surface area contributed by atoms with Crippen LogP contribution in [0.5, 0.6) is 0 Å². The van der Waals surface area contributed by atoms with E-state index < -0.39 is 10.0 Å². The lowest BCUT2D eigenvalue weighted by molar-refractivity contribution is 0.0943. The first-order chi connectivity index (χ1) is 9.79. The van der Waals surface area contributed by atoms with Crippen molar-refractivity contribution in [2.75, 3.05) is 31.6 Å². The van der Waals surface area contributed by atoms with E-state index in [1.165, 1.54) is 10.6 Å². The maximum absolute atomic E-state index is 12.0. The molecule has 0 spiro atoms. The van der Waals surface area contributed by atoms with E-state index in [2.05, 4.69) is 5.32 Å². The lowest BCUT2D eigenvalue weighted by atomic mass is 10.3. The number of sulfonamides is 1. The quantitative estimate of drug-likeness (QED) is 0.682. The van der Waals surface area contributed by atoms with Crippen LogP contribution in [0.25, 0.3) is 0 Å². The Morgan fingerprint density at radius 2 is 2.10 bits per heavy atom. The van der Waals surface area contributed by atoms with E-state index in [0.717, 1.165) is 0 Å². The van der Waals surface area contributed by atoms with Crippen molar-refractivity contribution in [1.82, 2.24) is 14.2 Å². The molecule has 0 saturated heterocycles. The predicted octanol–water partition coefficient (Wildman–Crippen LogP) is 0.492. The maximum atomic E-state index is 12.0. The molecule has 0 aliphatic carbocycles. The molecule has 1 aromatic rings. The van der Waals surface area contributed by atoms with Gasteiger partial charge in [0.15, 0.2) is 0 Å². The highest BCUT2D eigenvalue weighted by Crippen LogP contribution is 2.10. The molecule has 0 saturated carbocycles. The molecule has 3 N–H and O–H groups in total. The van der Waals surface area contributed by atoms with Gasteiger partial charge in [-0.05, 0) is 19.4 Å². The van der Waals surface area contributed by atoms with Crippen LogP contribution in [0, 0.1) is 0 Å². The zero-order chi connectivity index (χ0) is 16.0. The van der Waals surface area contributed by atoms with E-state index in [4.69, 9.17) is 5.73 Å². The Bertz CT molecular complexity index is 580. The minimum atomic E-state index is -3.18. The van der Waals surface area contributed by atoms with Gasteiger partial charge in [-0.1, -0.05) is 6.92 Å². The van der Waals surface area contributed by atoms with Gasteiger partial charge in [-0.2, -0.15) is 0 Å². The molecule has 1 heterocycles. The topological polar surface area (TPSA) is 97.4 Å². The first kappa shape index (κ1) is 17.5. The number of nitrogens with one attached hydrogen (secondary N) is 1. The Labute approximate surface area is 126 Å². The van der Waals surface area contributed by atoms with Crippen molar-refractivity contribution in [3.05, 3.63) is 18.0 Å². The third-order valence-corrected chi connectivity index (χ3v) is 4.56. The van der Waals surface area contributed by atoms with Gasteiger partial charge < -0.3 is 15.6 Å². The van der Waals surface area contributed by atoms with E-state index in [0.29, 0.717) is 44.0 Å². The van der Waals surface area contributed by atoms with E-state index in [9.17, 15) is 13.2 Å². The Morgan fingerprint density at radius 3 is 2.62 bits per heavy atom. The number of nitrogens with two attached hydrogens (primary N) is 1. The number of carbonyl (C=O) groups is 1. The molecule has 0 aromatic carbocycles. The molecule has 1 aromatic heterocycles. The summed E-state index contributed by atoms with van der Waals surface area (Å²) in [6.07, 6.45) is 3.47. The van der Waals surface area contributed by atoms with Crippen molar-refractivity contribution in [2.24, 2.45) is 0 Å². The minimum Gasteiger partial charge on any atom is -0.397 e. The number of aryl methyl sites for hydroxylation is 1. The highest BCUT2D eigenvalue weighted by Gasteiger charge is 2.14. The summed E-state index contributed by atoms with van der Waals surface area (Å²) in [6.45, 7) is 5.63. The Kier molecular flexibility index (Phi) is 6.22. The largest absolute Gasteiger partial charge is 0.397 e. The van der Waals surface area contributed by atoms with Gasteiger partial charge in [-0.15, -0.1) is 0 Å². The minimum absolute atomic E-state index is 0.198. The highest BCUT2D eigenvalue weighted by molar-refractivity contribution is 7.88. The fourth-order valence-electron chi connectivity index (χ4n) is 2.09. The molecule has 0 fully saturated rings. The van der Waals surface area contributed by atoms with E-state index in [1.807, 2.05) is 6.92 Å². The molecular weight excluding hydrogens is 292 g/mol. The normalized spacial score (nSPS) is 11.8. The Morgan fingerprint density at radius 1 is 1.43 bits per heavy atom. The molecule has 21 heavy (non-hydrogen) atoms. The second kappa shape index (κ2) is 7.46. The van der Waals surface area contributed by atoms with Gasteiger partial charge in [-0.25, -0.2) is 12.7 Å². The van der Waals surface area contributed by atoms with Crippen molar-refractivity contribution in [3.63, 3.8) is 0 Å². The van der Waals surface area contributed by atoms with Crippen LogP contribution in [-0.2, 0) is 16.6 Å². The van der Waals surface area contributed by atoms with Crippen molar-refractivity contribution in [1.29, 1.82) is 0 Å². The summed E-state index contributed by atoms with van der Waals surface area (Å²) >= 11 is 0. The second-order valence-electron chi connectivity index (χ2n) is 4.81. The molecule has 0 unspecified atom stereocenters. The molecule has 0 aliphatic heterocycles. The second-order valence-corrected chi connectivity index (χ2v) is 6.79. The zero-order valence-electron chi connectivity index (χ0n) is 12.8. The molecule has 0 atom stereocenters. The van der Waals surface area contributed by atoms with Crippen LogP contribution in [-0.4, -0.2) is 49.1 Å². The summed E-state index contributed by atoms with van der Waals surface area (Å²) in [7, 11) is -3.18. The van der Waals surface area contributed by atoms with Crippen LogP contribution in [0.3, 0.4) is 0 Å². The van der Waals surface area contributed by atoms with Gasteiger partial charge in [0.2, 0.25) is 10.0 Å². The van der Waals surface area contributed by atoms with Gasteiger partial charge >= 0.3 is 0 Å². The van der Waals surface area contributed by atoms with Crippen LogP contribution in [0.15, 0.2) is 12.3 Å². The lowest BCUT2D eigenvalue weighted by Crippen LogP contribution is -2.33. The smallest absolute Gasteiger partial charge is 0.267 e. The number of nitrogen functional groups attached to an aromatic ring is 1. The van der Waals surface area contributed by atoms with E-state index in [-0.39, 0.29) is 5.91 Å². The number of aromatic nitrogens is 1. The summed E-state index contributed by atoms with van der Waals surface area (Å²) in [4.78, 5) is 12.0. The van der Waals surface area contributed by atoms with Crippen LogP contribution in [0.2, 0.25) is 0 Å². The number of hydrogen-bond acceptors (Lipinski definition) is 4. The standard InChI is InChI=1S/C13H24N4O3S/c1-4-16-10-11(14)9-12(16)13(18)15-7-6-8-17(5-2)21(3,19)20/h9-10H,4-8,14H2,1-3H3,(H,15,18). The highest BCUT2D eigenvalue weighted by atomic mass is 32.2. The molecule has 1 amide bonds. The van der Waals surface area contributed by atoms with Crippen molar-refractivity contribution in [3.8, 4) is 0 Å². The number of rotatable bonds is 8. The van der Waals surface area contributed by atoms with Gasteiger partial charge in [-0.3, -0.25) is 4.79 Å². The van der Waals surface area contributed by atoms with Crippen LogP contribution >= 0.6 is 0 Å². The van der Waals surface area contributed by atoms with Crippen LogP contribution in [0.1, 0.15) is 30.8 Å². The maximum Gasteiger partial charge on any atom is 0.267 e. The van der Waals surface area contributed by atoms with Crippen molar-refractivity contribution in [2.45, 2.75) is 26.8 Å². The Hall–Kier alpha value is -1.54. The molecule has 120 valence electrons. The average Bonchev–Trinajstić information content (AvgIpc) is 2.78. The summed E-state index contributed by atoms with van der Waals surface area (Å²) < 4.78 is 26.0. The molecule has 0 aliphatic rings. The van der Waals surface area contributed by atoms with Gasteiger partial charge in [0.05, 0.1) is 11.9 Å². The Balaban J connectivity index is 2.47. The number of nitrogens with zero attached hydrogens (tertiary/aromatic N) is 2. The third kappa shape index (κ3) is 5.05. The number of amides is 1. The summed E-state index contributed by atoms with van der Waals surface area (Å²) in [6, 6.07) is 1.63. The molecule has 1 rings (SSSR count). The molecule has 8 heteroatoms. The average molecular weight is 316 g/mol. The number of carbonyl (C=O) groups excluding carboxylic acids is 1. The predicted molar refractivity (Wildman–Crippen MR) is 83.6 cm³/mol. The molecule has 7 nitrogen and oxygen atoms in total. The fraction of sp³-hybridized carbons (Fsp3) is 0.615. The van der Waals surface area contributed by atoms with Crippen LogP contribution in [0.4, 0.5) is 5.69 Å². The summed E-state index contributed by atoms with van der Waals surface area (Å²) in [5, 5.41) is 2.78. The van der Waals surface area contributed by atoms with Gasteiger partial charge in [0.25, 0.3) is 5.91 Å². The summed E-state index contributed by atoms with van der Waals surface area (Å²) in [5.74, 6) is -0.198. The zero-order valence-corrected chi connectivity index (χ0v) is 13.6. The first-order valence-corrected chi connectivity index (χ1v) is 8.83. The number of hydrogen-bond donors (Lipinski definition) is 2. The molecule has 0 radical (unpaired) electrons.